The molecule has 2 heterocycles. The number of morpholine rings is 1. The minimum absolute atomic E-state index is 0.0481. The molecular weight excluding hydrogens is 474 g/mol. The van der Waals surface area contributed by atoms with Crippen molar-refractivity contribution in [3.8, 4) is 0 Å². The number of rotatable bonds is 12. The number of thiophene rings is 1. The summed E-state index contributed by atoms with van der Waals surface area (Å²) in [4.78, 5) is 28.0. The van der Waals surface area contributed by atoms with Crippen molar-refractivity contribution in [1.82, 2.24) is 10.3 Å². The van der Waals surface area contributed by atoms with E-state index < -0.39 is 0 Å². The first-order valence-electron chi connectivity index (χ1n) is 12.7. The van der Waals surface area contributed by atoms with Crippen LogP contribution in [0.4, 0.5) is 5.69 Å². The fraction of sp³-hybridized carbons (Fsp3) is 0.500. The molecule has 0 radical (unpaired) electrons. The van der Waals surface area contributed by atoms with Crippen LogP contribution in [0.15, 0.2) is 53.9 Å². The van der Waals surface area contributed by atoms with Gasteiger partial charge in [-0.15, -0.1) is 11.3 Å². The zero-order valence-corrected chi connectivity index (χ0v) is 22.5. The third-order valence-corrected chi connectivity index (χ3v) is 6.84. The number of hydrazine groups is 1. The molecule has 1 amide bonds. The van der Waals surface area contributed by atoms with Gasteiger partial charge in [-0.3, -0.25) is 14.5 Å². The summed E-state index contributed by atoms with van der Waals surface area (Å²) >= 11 is 1.43. The Kier molecular flexibility index (Phi) is 11.1. The van der Waals surface area contributed by atoms with Gasteiger partial charge < -0.3 is 9.47 Å². The van der Waals surface area contributed by atoms with E-state index in [0.717, 1.165) is 51.4 Å². The maximum atomic E-state index is 13.1. The van der Waals surface area contributed by atoms with Crippen LogP contribution >= 0.6 is 11.3 Å². The highest BCUT2D eigenvalue weighted by molar-refractivity contribution is 7.12. The molecule has 0 saturated carbocycles. The average Bonchev–Trinajstić information content (AvgIpc) is 3.41. The van der Waals surface area contributed by atoms with Gasteiger partial charge in [-0.1, -0.05) is 51.1 Å². The number of carbonyl (C=O) groups excluding carboxylic acids is 2. The summed E-state index contributed by atoms with van der Waals surface area (Å²) in [6.45, 7) is 11.5. The van der Waals surface area contributed by atoms with Gasteiger partial charge in [-0.2, -0.15) is 0 Å². The van der Waals surface area contributed by atoms with Crippen molar-refractivity contribution in [2.24, 2.45) is 0 Å². The third-order valence-electron chi connectivity index (χ3n) is 5.99. The lowest BCUT2D eigenvalue weighted by atomic mass is 9.87. The first-order valence-corrected chi connectivity index (χ1v) is 13.6. The van der Waals surface area contributed by atoms with Crippen LogP contribution in [0.3, 0.4) is 0 Å². The van der Waals surface area contributed by atoms with Gasteiger partial charge in [0.1, 0.15) is 6.61 Å². The summed E-state index contributed by atoms with van der Waals surface area (Å²) in [7, 11) is 0. The van der Waals surface area contributed by atoms with Crippen molar-refractivity contribution >= 4 is 28.9 Å². The van der Waals surface area contributed by atoms with E-state index in [1.807, 2.05) is 41.8 Å². The normalized spacial score (nSPS) is 14.8. The maximum absolute atomic E-state index is 13.1. The summed E-state index contributed by atoms with van der Waals surface area (Å²) in [5.74, 6) is -0.233. The van der Waals surface area contributed by atoms with Crippen molar-refractivity contribution in [2.75, 3.05) is 51.0 Å². The number of unbranched alkanes of at least 4 members (excludes halogenated alkanes) is 1. The van der Waals surface area contributed by atoms with E-state index in [2.05, 4.69) is 43.2 Å². The summed E-state index contributed by atoms with van der Waals surface area (Å²) < 4.78 is 10.7. The number of ether oxygens (including phenoxy) is 2. The van der Waals surface area contributed by atoms with Crippen LogP contribution in [-0.2, 0) is 19.7 Å². The first-order chi connectivity index (χ1) is 17.3. The Labute approximate surface area is 219 Å². The first kappa shape index (κ1) is 28.1. The maximum Gasteiger partial charge on any atom is 0.305 e. The standard InChI is InChI=1S/C28H39N3O4S/c1-28(2,3)23-11-13-24(14-12-23)31(27(33)25-9-8-22-36-25)29-15-7-5-4-6-10-26(32)35-21-18-30-16-19-34-20-17-30/h5,7-9,11-14,22,29H,4,6,10,15-21H2,1-3H3/b7-5+. The molecule has 1 aliphatic rings. The molecule has 0 aliphatic carbocycles. The summed E-state index contributed by atoms with van der Waals surface area (Å²) in [6, 6.07) is 11.8. The lowest BCUT2D eigenvalue weighted by Crippen LogP contribution is -2.43. The number of benzene rings is 1. The molecule has 0 unspecified atom stereocenters. The van der Waals surface area contributed by atoms with E-state index in [1.165, 1.54) is 16.9 Å². The number of hydrogen-bond donors (Lipinski definition) is 1. The zero-order valence-electron chi connectivity index (χ0n) is 21.7. The molecule has 0 atom stereocenters. The van der Waals surface area contributed by atoms with Gasteiger partial charge in [0.25, 0.3) is 5.91 Å². The quantitative estimate of drug-likeness (QED) is 0.190. The zero-order chi connectivity index (χ0) is 25.8. The molecular formula is C28H39N3O4S. The van der Waals surface area contributed by atoms with Gasteiger partial charge >= 0.3 is 5.97 Å². The highest BCUT2D eigenvalue weighted by atomic mass is 32.1. The van der Waals surface area contributed by atoms with Crippen LogP contribution in [-0.4, -0.2) is 62.8 Å². The molecule has 1 N–H and O–H groups in total. The van der Waals surface area contributed by atoms with Gasteiger partial charge in [-0.05, 0) is 47.4 Å². The Morgan fingerprint density at radius 2 is 1.89 bits per heavy atom. The van der Waals surface area contributed by atoms with Crippen LogP contribution in [0.1, 0.15) is 55.3 Å². The topological polar surface area (TPSA) is 71.1 Å². The minimum Gasteiger partial charge on any atom is -0.464 e. The molecule has 0 spiro atoms. The number of carbonyl (C=O) groups is 2. The van der Waals surface area contributed by atoms with Crippen LogP contribution < -0.4 is 10.4 Å². The largest absolute Gasteiger partial charge is 0.464 e. The summed E-state index contributed by atoms with van der Waals surface area (Å²) in [6.07, 6.45) is 5.94. The molecule has 7 nitrogen and oxygen atoms in total. The van der Waals surface area contributed by atoms with Gasteiger partial charge in [0.2, 0.25) is 0 Å². The van der Waals surface area contributed by atoms with Gasteiger partial charge in [0.15, 0.2) is 0 Å². The van der Waals surface area contributed by atoms with Crippen molar-refractivity contribution in [3.63, 3.8) is 0 Å². The molecule has 1 aliphatic heterocycles. The molecule has 0 bridgehead atoms. The molecule has 1 aromatic carbocycles. The van der Waals surface area contributed by atoms with Gasteiger partial charge in [-0.25, -0.2) is 10.4 Å². The van der Waals surface area contributed by atoms with E-state index in [0.29, 0.717) is 24.4 Å². The van der Waals surface area contributed by atoms with Crippen LogP contribution in [0, 0.1) is 0 Å². The molecule has 1 fully saturated rings. The highest BCUT2D eigenvalue weighted by Crippen LogP contribution is 2.25. The predicted molar refractivity (Wildman–Crippen MR) is 145 cm³/mol. The number of esters is 1. The van der Waals surface area contributed by atoms with E-state index >= 15 is 0 Å². The SMILES string of the molecule is CC(C)(C)c1ccc(N(NC/C=C/CCCC(=O)OCCN2CCOCC2)C(=O)c2cccs2)cc1. The molecule has 36 heavy (non-hydrogen) atoms. The van der Waals surface area contributed by atoms with Crippen LogP contribution in [0.25, 0.3) is 0 Å². The fourth-order valence-corrected chi connectivity index (χ4v) is 4.45. The molecule has 1 saturated heterocycles. The Hall–Kier alpha value is -2.52. The van der Waals surface area contributed by atoms with Crippen LogP contribution in [0.2, 0.25) is 0 Å². The van der Waals surface area contributed by atoms with Gasteiger partial charge in [0, 0.05) is 32.6 Å². The van der Waals surface area contributed by atoms with E-state index in [4.69, 9.17) is 9.47 Å². The number of nitrogens with one attached hydrogen (secondary N) is 1. The highest BCUT2D eigenvalue weighted by Gasteiger charge is 2.20. The monoisotopic (exact) mass is 513 g/mol. The Morgan fingerprint density at radius 1 is 1.14 bits per heavy atom. The number of nitrogens with zero attached hydrogens (tertiary/aromatic N) is 2. The minimum atomic E-state index is -0.152. The van der Waals surface area contributed by atoms with E-state index in [1.54, 1.807) is 5.01 Å². The number of amides is 1. The smallest absolute Gasteiger partial charge is 0.305 e. The Balaban J connectivity index is 1.41. The average molecular weight is 514 g/mol. The summed E-state index contributed by atoms with van der Waals surface area (Å²) in [5, 5.41) is 3.51. The van der Waals surface area contributed by atoms with E-state index in [9.17, 15) is 9.59 Å². The van der Waals surface area contributed by atoms with Crippen LogP contribution in [0.5, 0.6) is 0 Å². The molecule has 3 rings (SSSR count). The van der Waals surface area contributed by atoms with Crippen molar-refractivity contribution in [3.05, 3.63) is 64.4 Å². The van der Waals surface area contributed by atoms with E-state index in [-0.39, 0.29) is 17.3 Å². The molecule has 196 valence electrons. The van der Waals surface area contributed by atoms with Crippen molar-refractivity contribution < 1.29 is 19.1 Å². The number of allylic oxidation sites excluding steroid dienone is 1. The fourth-order valence-electron chi connectivity index (χ4n) is 3.80. The lowest BCUT2D eigenvalue weighted by Gasteiger charge is -2.26. The summed E-state index contributed by atoms with van der Waals surface area (Å²) in [5.41, 5.74) is 5.31. The predicted octanol–water partition coefficient (Wildman–Crippen LogP) is 4.80. The molecule has 1 aromatic heterocycles. The molecule has 2 aromatic rings. The van der Waals surface area contributed by atoms with Crippen molar-refractivity contribution in [1.29, 1.82) is 0 Å². The second-order valence-corrected chi connectivity index (χ2v) is 10.8. The van der Waals surface area contributed by atoms with Gasteiger partial charge in [0.05, 0.1) is 23.8 Å². The molecule has 8 heteroatoms. The Morgan fingerprint density at radius 3 is 2.56 bits per heavy atom. The lowest BCUT2D eigenvalue weighted by molar-refractivity contribution is -0.144. The number of anilines is 1. The second kappa shape index (κ2) is 14.3. The number of hydrogen-bond acceptors (Lipinski definition) is 7. The van der Waals surface area contributed by atoms with Crippen molar-refractivity contribution in [2.45, 2.75) is 45.4 Å². The second-order valence-electron chi connectivity index (χ2n) is 9.82. The Bertz CT molecular complexity index is 962. The third kappa shape index (κ3) is 9.17.